The van der Waals surface area contributed by atoms with Crippen LogP contribution in [0.25, 0.3) is 0 Å². The fourth-order valence-electron chi connectivity index (χ4n) is 1.96. The van der Waals surface area contributed by atoms with Gasteiger partial charge in [0.1, 0.15) is 0 Å². The Morgan fingerprint density at radius 2 is 1.90 bits per heavy atom. The highest BCUT2D eigenvalue weighted by Crippen LogP contribution is 2.16. The molecule has 1 aromatic heterocycles. The van der Waals surface area contributed by atoms with E-state index in [4.69, 9.17) is 0 Å². The van der Waals surface area contributed by atoms with Gasteiger partial charge in [0.25, 0.3) is 0 Å². The average Bonchev–Trinajstić information content (AvgIpc) is 2.82. The summed E-state index contributed by atoms with van der Waals surface area (Å²) in [5.74, 6) is 0.263. The normalized spacial score (nSPS) is 13.8. The number of hydrogen-bond donors (Lipinski definition) is 2. The van der Waals surface area contributed by atoms with E-state index in [1.54, 1.807) is 12.3 Å². The van der Waals surface area contributed by atoms with Crippen LogP contribution in [0.15, 0.2) is 17.2 Å². The van der Waals surface area contributed by atoms with E-state index in [9.17, 15) is 8.42 Å². The van der Waals surface area contributed by atoms with Crippen LogP contribution in [0.2, 0.25) is 0 Å². The van der Waals surface area contributed by atoms with E-state index >= 15 is 0 Å². The molecule has 0 aromatic carbocycles. The fraction of sp³-hybridized carbons (Fsp3) is 0.733. The highest BCUT2D eigenvalue weighted by Gasteiger charge is 2.21. The molecular formula is C15H29N3O2S. The summed E-state index contributed by atoms with van der Waals surface area (Å²) in [5.41, 5.74) is 1.00. The first kappa shape index (κ1) is 18.2. The zero-order valence-electron chi connectivity index (χ0n) is 13.8. The first-order chi connectivity index (χ1) is 9.81. The van der Waals surface area contributed by atoms with Gasteiger partial charge in [-0.15, -0.1) is 0 Å². The molecule has 0 spiro atoms. The van der Waals surface area contributed by atoms with Gasteiger partial charge in [-0.05, 0) is 38.8 Å². The molecule has 1 unspecified atom stereocenters. The van der Waals surface area contributed by atoms with Crippen LogP contribution in [0.4, 0.5) is 0 Å². The molecule has 2 N–H and O–H groups in total. The minimum Gasteiger partial charge on any atom is -0.349 e. The molecular weight excluding hydrogens is 286 g/mol. The molecule has 0 aliphatic rings. The van der Waals surface area contributed by atoms with Crippen molar-refractivity contribution in [1.29, 1.82) is 0 Å². The molecule has 0 saturated carbocycles. The second-order valence-corrected chi connectivity index (χ2v) is 7.50. The predicted molar refractivity (Wildman–Crippen MR) is 86.7 cm³/mol. The van der Waals surface area contributed by atoms with E-state index in [1.807, 2.05) is 32.3 Å². The summed E-state index contributed by atoms with van der Waals surface area (Å²) in [6, 6.07) is 1.68. The second kappa shape index (κ2) is 7.96. The molecule has 0 radical (unpaired) electrons. The largest absolute Gasteiger partial charge is 0.349 e. The van der Waals surface area contributed by atoms with E-state index < -0.39 is 10.0 Å². The second-order valence-electron chi connectivity index (χ2n) is 5.78. The zero-order valence-corrected chi connectivity index (χ0v) is 14.6. The van der Waals surface area contributed by atoms with Crippen molar-refractivity contribution in [2.75, 3.05) is 6.54 Å². The van der Waals surface area contributed by atoms with Crippen molar-refractivity contribution < 1.29 is 8.42 Å². The van der Waals surface area contributed by atoms with Crippen molar-refractivity contribution in [2.24, 2.45) is 5.92 Å². The Bertz CT molecular complexity index is 535. The maximum atomic E-state index is 12.4. The summed E-state index contributed by atoms with van der Waals surface area (Å²) in [4.78, 5) is 0.352. The van der Waals surface area contributed by atoms with Crippen LogP contribution in [0.3, 0.4) is 0 Å². The first-order valence-electron chi connectivity index (χ1n) is 7.73. The van der Waals surface area contributed by atoms with Gasteiger partial charge in [-0.3, -0.25) is 0 Å². The smallest absolute Gasteiger partial charge is 0.242 e. The van der Waals surface area contributed by atoms with E-state index in [0.29, 0.717) is 11.4 Å². The van der Waals surface area contributed by atoms with Gasteiger partial charge < -0.3 is 9.88 Å². The van der Waals surface area contributed by atoms with Gasteiger partial charge in [-0.1, -0.05) is 20.8 Å². The molecule has 0 aliphatic carbocycles. The quantitative estimate of drug-likeness (QED) is 0.688. The molecule has 0 bridgehead atoms. The van der Waals surface area contributed by atoms with Crippen molar-refractivity contribution in [1.82, 2.24) is 14.6 Å². The number of nitrogens with zero attached hydrogens (tertiary/aromatic N) is 1. The zero-order chi connectivity index (χ0) is 16.0. The molecule has 1 heterocycles. The molecule has 122 valence electrons. The Morgan fingerprint density at radius 1 is 1.24 bits per heavy atom. The topological polar surface area (TPSA) is 63.1 Å². The summed E-state index contributed by atoms with van der Waals surface area (Å²) in [6.45, 7) is 12.4. The molecule has 1 atom stereocenters. The number of hydrogen-bond acceptors (Lipinski definition) is 3. The Hall–Kier alpha value is -0.850. The number of aryl methyl sites for hydroxylation is 1. The SMILES string of the molecule is CCCNCc1cc(S(=O)(=O)NC(C)C(C)C)cn1CC. The van der Waals surface area contributed by atoms with E-state index in [1.165, 1.54) is 0 Å². The summed E-state index contributed by atoms with van der Waals surface area (Å²) in [7, 11) is -3.45. The molecule has 0 fully saturated rings. The van der Waals surface area contributed by atoms with Gasteiger partial charge in [0.15, 0.2) is 0 Å². The third-order valence-corrected chi connectivity index (χ3v) is 5.21. The number of nitrogens with one attached hydrogen (secondary N) is 2. The van der Waals surface area contributed by atoms with E-state index in [2.05, 4.69) is 17.0 Å². The minimum absolute atomic E-state index is 0.0818. The standard InChI is InChI=1S/C15H29N3O2S/c1-6-8-16-10-14-9-15(11-18(14)7-2)21(19,20)17-13(5)12(3)4/h9,11-13,16-17H,6-8,10H2,1-5H3. The summed E-state index contributed by atoms with van der Waals surface area (Å²) < 4.78 is 29.6. The fourth-order valence-corrected chi connectivity index (χ4v) is 3.41. The number of rotatable bonds is 9. The lowest BCUT2D eigenvalue weighted by Crippen LogP contribution is -2.35. The Kier molecular flexibility index (Phi) is 6.90. The number of sulfonamides is 1. The lowest BCUT2D eigenvalue weighted by atomic mass is 10.1. The van der Waals surface area contributed by atoms with Gasteiger partial charge in [0, 0.05) is 31.0 Å². The molecule has 5 nitrogen and oxygen atoms in total. The maximum absolute atomic E-state index is 12.4. The third-order valence-electron chi connectivity index (χ3n) is 3.69. The summed E-state index contributed by atoms with van der Waals surface area (Å²) in [6.07, 6.45) is 2.78. The third kappa shape index (κ3) is 5.13. The average molecular weight is 315 g/mol. The van der Waals surface area contributed by atoms with Crippen LogP contribution in [-0.2, 0) is 23.1 Å². The van der Waals surface area contributed by atoms with Crippen LogP contribution in [0, 0.1) is 5.92 Å². The molecule has 1 aromatic rings. The highest BCUT2D eigenvalue weighted by molar-refractivity contribution is 7.89. The lowest BCUT2D eigenvalue weighted by molar-refractivity contribution is 0.476. The Labute approximate surface area is 129 Å². The van der Waals surface area contributed by atoms with Crippen molar-refractivity contribution in [3.63, 3.8) is 0 Å². The lowest BCUT2D eigenvalue weighted by Gasteiger charge is -2.16. The molecule has 21 heavy (non-hydrogen) atoms. The van der Waals surface area contributed by atoms with Crippen molar-refractivity contribution in [3.05, 3.63) is 18.0 Å². The summed E-state index contributed by atoms with van der Waals surface area (Å²) in [5, 5.41) is 3.31. The summed E-state index contributed by atoms with van der Waals surface area (Å²) >= 11 is 0. The monoisotopic (exact) mass is 315 g/mol. The van der Waals surface area contributed by atoms with Crippen LogP contribution >= 0.6 is 0 Å². The van der Waals surface area contributed by atoms with Gasteiger partial charge in [0.2, 0.25) is 10.0 Å². The molecule has 0 aliphatic heterocycles. The van der Waals surface area contributed by atoms with Gasteiger partial charge in [-0.2, -0.15) is 0 Å². The maximum Gasteiger partial charge on any atom is 0.242 e. The van der Waals surface area contributed by atoms with Crippen molar-refractivity contribution >= 4 is 10.0 Å². The van der Waals surface area contributed by atoms with Crippen molar-refractivity contribution in [2.45, 2.75) is 65.1 Å². The van der Waals surface area contributed by atoms with Gasteiger partial charge in [0.05, 0.1) is 4.90 Å². The Balaban J connectivity index is 2.92. The van der Waals surface area contributed by atoms with E-state index in [0.717, 1.165) is 25.2 Å². The minimum atomic E-state index is -3.45. The van der Waals surface area contributed by atoms with E-state index in [-0.39, 0.29) is 12.0 Å². The molecule has 0 amide bonds. The van der Waals surface area contributed by atoms with Crippen LogP contribution in [-0.4, -0.2) is 25.6 Å². The molecule has 0 saturated heterocycles. The van der Waals surface area contributed by atoms with Gasteiger partial charge in [-0.25, -0.2) is 13.1 Å². The predicted octanol–water partition coefficient (Wildman–Crippen LogP) is 2.33. The van der Waals surface area contributed by atoms with Crippen LogP contribution in [0.1, 0.15) is 46.7 Å². The molecule has 1 rings (SSSR count). The van der Waals surface area contributed by atoms with Crippen LogP contribution in [0.5, 0.6) is 0 Å². The van der Waals surface area contributed by atoms with Gasteiger partial charge >= 0.3 is 0 Å². The first-order valence-corrected chi connectivity index (χ1v) is 9.22. The molecule has 6 heteroatoms. The number of aromatic nitrogens is 1. The Morgan fingerprint density at radius 3 is 2.43 bits per heavy atom. The van der Waals surface area contributed by atoms with Crippen molar-refractivity contribution in [3.8, 4) is 0 Å². The van der Waals surface area contributed by atoms with Crippen LogP contribution < -0.4 is 10.0 Å². The highest BCUT2D eigenvalue weighted by atomic mass is 32.2.